The summed E-state index contributed by atoms with van der Waals surface area (Å²) in [6.45, 7) is 1.84. The van der Waals surface area contributed by atoms with Crippen molar-refractivity contribution in [1.29, 1.82) is 5.26 Å². The Morgan fingerprint density at radius 1 is 1.40 bits per heavy atom. The molecule has 0 amide bonds. The largest absolute Gasteiger partial charge is 0.340 e. The highest BCUT2D eigenvalue weighted by Gasteiger charge is 2.12. The highest BCUT2D eigenvalue weighted by atomic mass is 35.5. The van der Waals surface area contributed by atoms with E-state index in [9.17, 15) is 0 Å². The maximum atomic E-state index is 8.93. The number of benzene rings is 1. The second-order valence-electron chi connectivity index (χ2n) is 4.17. The number of fused-ring (bicyclic) bond motifs is 1. The highest BCUT2D eigenvalue weighted by Crippen LogP contribution is 2.25. The van der Waals surface area contributed by atoms with Crippen molar-refractivity contribution < 1.29 is 0 Å². The molecule has 1 N–H and O–H groups in total. The maximum Gasteiger partial charge on any atom is 0.255 e. The van der Waals surface area contributed by atoms with Crippen molar-refractivity contribution in [3.8, 4) is 6.07 Å². The Bertz CT molecular complexity index is 832. The lowest BCUT2D eigenvalue weighted by Crippen LogP contribution is -2.05. The van der Waals surface area contributed by atoms with Gasteiger partial charge in [0.05, 0.1) is 11.6 Å². The van der Waals surface area contributed by atoms with E-state index < -0.39 is 0 Å². The van der Waals surface area contributed by atoms with Gasteiger partial charge in [-0.05, 0) is 25.1 Å². The minimum Gasteiger partial charge on any atom is -0.340 e. The zero-order valence-corrected chi connectivity index (χ0v) is 11.3. The molecule has 0 fully saturated rings. The summed E-state index contributed by atoms with van der Waals surface area (Å²) < 4.78 is 1.57. The van der Waals surface area contributed by atoms with E-state index >= 15 is 0 Å². The zero-order chi connectivity index (χ0) is 14.1. The molecule has 3 rings (SSSR count). The fourth-order valence-electron chi connectivity index (χ4n) is 1.85. The third-order valence-electron chi connectivity index (χ3n) is 2.86. The third kappa shape index (κ3) is 2.04. The zero-order valence-electron chi connectivity index (χ0n) is 10.5. The summed E-state index contributed by atoms with van der Waals surface area (Å²) in [5.41, 5.74) is 2.10. The summed E-state index contributed by atoms with van der Waals surface area (Å²) >= 11 is 6.09. The Kier molecular flexibility index (Phi) is 2.97. The molecule has 0 aliphatic rings. The molecule has 2 heterocycles. The summed E-state index contributed by atoms with van der Waals surface area (Å²) in [6.07, 6.45) is 1.41. The monoisotopic (exact) mass is 284 g/mol. The van der Waals surface area contributed by atoms with Crippen LogP contribution in [0.15, 0.2) is 30.6 Å². The molecule has 2 aromatic heterocycles. The van der Waals surface area contributed by atoms with Crippen LogP contribution in [0.4, 0.5) is 11.5 Å². The second kappa shape index (κ2) is 4.79. The first-order chi connectivity index (χ1) is 9.69. The van der Waals surface area contributed by atoms with Gasteiger partial charge in [-0.3, -0.25) is 0 Å². The van der Waals surface area contributed by atoms with Crippen molar-refractivity contribution in [1.82, 2.24) is 19.6 Å². The second-order valence-corrected chi connectivity index (χ2v) is 4.52. The number of halogens is 1. The molecule has 0 radical (unpaired) electrons. The van der Waals surface area contributed by atoms with Crippen LogP contribution in [-0.2, 0) is 0 Å². The molecular formula is C13H9ClN6. The van der Waals surface area contributed by atoms with Crippen LogP contribution in [-0.4, -0.2) is 19.6 Å². The molecule has 6 nitrogen and oxygen atoms in total. The minimum atomic E-state index is 0.365. The average Bonchev–Trinajstić information content (AvgIpc) is 2.92. The number of aromatic nitrogens is 4. The first-order valence-corrected chi connectivity index (χ1v) is 6.20. The highest BCUT2D eigenvalue weighted by molar-refractivity contribution is 6.30. The van der Waals surface area contributed by atoms with E-state index in [0.29, 0.717) is 22.3 Å². The van der Waals surface area contributed by atoms with E-state index in [1.807, 2.05) is 13.0 Å². The van der Waals surface area contributed by atoms with Gasteiger partial charge in [-0.25, -0.2) is 0 Å². The predicted octanol–water partition coefficient (Wildman–Crippen LogP) is 2.70. The number of anilines is 2. The Hall–Kier alpha value is -2.65. The molecule has 7 heteroatoms. The van der Waals surface area contributed by atoms with Gasteiger partial charge in [-0.2, -0.15) is 24.8 Å². The Morgan fingerprint density at radius 3 is 3.05 bits per heavy atom. The quantitative estimate of drug-likeness (QED) is 0.732. The maximum absolute atomic E-state index is 8.93. The molecule has 0 aliphatic carbocycles. The van der Waals surface area contributed by atoms with Gasteiger partial charge >= 0.3 is 0 Å². The van der Waals surface area contributed by atoms with Gasteiger partial charge in [0.25, 0.3) is 5.78 Å². The fraction of sp³-hybridized carbons (Fsp3) is 0.0769. The van der Waals surface area contributed by atoms with Crippen molar-refractivity contribution >= 4 is 28.9 Å². The average molecular weight is 285 g/mol. The van der Waals surface area contributed by atoms with Crippen molar-refractivity contribution in [3.63, 3.8) is 0 Å². The van der Waals surface area contributed by atoms with Crippen LogP contribution in [0.25, 0.3) is 5.78 Å². The third-order valence-corrected chi connectivity index (χ3v) is 3.23. The van der Waals surface area contributed by atoms with Gasteiger partial charge in [-0.1, -0.05) is 17.7 Å². The number of nitrogens with zero attached hydrogens (tertiary/aromatic N) is 5. The van der Waals surface area contributed by atoms with Crippen molar-refractivity contribution in [2.75, 3.05) is 5.32 Å². The fourth-order valence-corrected chi connectivity index (χ4v) is 2.01. The molecule has 98 valence electrons. The molecule has 3 aromatic rings. The summed E-state index contributed by atoms with van der Waals surface area (Å²) in [5, 5.41) is 16.6. The lowest BCUT2D eigenvalue weighted by atomic mass is 10.2. The standard InChI is InChI=1S/C13H9ClN6/c1-8-11(14)19-13-16-7-17-20(13)12(8)18-10-4-2-3-9(5-10)6-15/h2-5,7,18H,1H3. The van der Waals surface area contributed by atoms with Crippen LogP contribution in [0, 0.1) is 18.3 Å². The molecule has 0 saturated heterocycles. The smallest absolute Gasteiger partial charge is 0.255 e. The summed E-state index contributed by atoms with van der Waals surface area (Å²) in [6, 6.07) is 9.25. The van der Waals surface area contributed by atoms with E-state index in [4.69, 9.17) is 16.9 Å². The first kappa shape index (κ1) is 12.4. The molecular weight excluding hydrogens is 276 g/mol. The van der Waals surface area contributed by atoms with Gasteiger partial charge in [0.15, 0.2) is 0 Å². The topological polar surface area (TPSA) is 78.9 Å². The van der Waals surface area contributed by atoms with Gasteiger partial charge in [0.2, 0.25) is 0 Å². The number of nitrogens with one attached hydrogen (secondary N) is 1. The van der Waals surface area contributed by atoms with Gasteiger partial charge < -0.3 is 5.32 Å². The first-order valence-electron chi connectivity index (χ1n) is 5.82. The van der Waals surface area contributed by atoms with E-state index in [0.717, 1.165) is 11.3 Å². The molecule has 1 aromatic carbocycles. The predicted molar refractivity (Wildman–Crippen MR) is 75.0 cm³/mol. The number of nitriles is 1. The number of rotatable bonds is 2. The van der Waals surface area contributed by atoms with Crippen LogP contribution in [0.5, 0.6) is 0 Å². The molecule has 0 saturated carbocycles. The van der Waals surface area contributed by atoms with Crippen molar-refractivity contribution in [2.45, 2.75) is 6.92 Å². The Labute approximate surface area is 119 Å². The molecule has 20 heavy (non-hydrogen) atoms. The Balaban J connectivity index is 2.12. The SMILES string of the molecule is Cc1c(Cl)nc2ncnn2c1Nc1cccc(C#N)c1. The van der Waals surface area contributed by atoms with Crippen LogP contribution in [0.2, 0.25) is 5.15 Å². The van der Waals surface area contributed by atoms with Gasteiger partial charge in [-0.15, -0.1) is 0 Å². The Morgan fingerprint density at radius 2 is 2.25 bits per heavy atom. The molecule has 0 atom stereocenters. The van der Waals surface area contributed by atoms with Crippen LogP contribution >= 0.6 is 11.6 Å². The van der Waals surface area contributed by atoms with Gasteiger partial charge in [0, 0.05) is 11.3 Å². The lowest BCUT2D eigenvalue weighted by Gasteiger charge is -2.11. The molecule has 0 aliphatic heterocycles. The normalized spacial score (nSPS) is 10.4. The minimum absolute atomic E-state index is 0.365. The van der Waals surface area contributed by atoms with Crippen LogP contribution < -0.4 is 5.32 Å². The number of hydrogen-bond acceptors (Lipinski definition) is 5. The molecule has 0 bridgehead atoms. The van der Waals surface area contributed by atoms with E-state index in [-0.39, 0.29) is 0 Å². The summed E-state index contributed by atoms with van der Waals surface area (Å²) in [5.74, 6) is 1.09. The summed E-state index contributed by atoms with van der Waals surface area (Å²) in [7, 11) is 0. The van der Waals surface area contributed by atoms with Crippen molar-refractivity contribution in [2.24, 2.45) is 0 Å². The number of hydrogen-bond donors (Lipinski definition) is 1. The lowest BCUT2D eigenvalue weighted by molar-refractivity contribution is 0.936. The van der Waals surface area contributed by atoms with Crippen molar-refractivity contribution in [3.05, 3.63) is 46.9 Å². The van der Waals surface area contributed by atoms with Gasteiger partial charge in [0.1, 0.15) is 17.3 Å². The van der Waals surface area contributed by atoms with E-state index in [1.165, 1.54) is 6.33 Å². The molecule has 0 spiro atoms. The molecule has 0 unspecified atom stereocenters. The summed E-state index contributed by atoms with van der Waals surface area (Å²) in [4.78, 5) is 8.15. The van der Waals surface area contributed by atoms with Crippen LogP contribution in [0.1, 0.15) is 11.1 Å². The van der Waals surface area contributed by atoms with E-state index in [1.54, 1.807) is 22.7 Å². The van der Waals surface area contributed by atoms with Crippen LogP contribution in [0.3, 0.4) is 0 Å². The van der Waals surface area contributed by atoms with E-state index in [2.05, 4.69) is 26.5 Å².